The van der Waals surface area contributed by atoms with Crippen molar-refractivity contribution < 1.29 is 9.47 Å². The van der Waals surface area contributed by atoms with Crippen LogP contribution in [-0.2, 0) is 24.4 Å². The minimum absolute atomic E-state index is 0.550. The molecule has 0 saturated heterocycles. The molecule has 1 aromatic heterocycles. The molecule has 1 aliphatic rings. The predicted octanol–water partition coefficient (Wildman–Crippen LogP) is 3.20. The summed E-state index contributed by atoms with van der Waals surface area (Å²) in [6.07, 6.45) is 3.23. The zero-order valence-corrected chi connectivity index (χ0v) is 15.0. The van der Waals surface area contributed by atoms with E-state index >= 15 is 0 Å². The Balaban J connectivity index is 1.34. The van der Waals surface area contributed by atoms with Gasteiger partial charge in [-0.2, -0.15) is 5.10 Å². The summed E-state index contributed by atoms with van der Waals surface area (Å²) >= 11 is 0. The van der Waals surface area contributed by atoms with Crippen LogP contribution >= 0.6 is 0 Å². The van der Waals surface area contributed by atoms with E-state index in [4.69, 9.17) is 9.47 Å². The van der Waals surface area contributed by atoms with E-state index in [1.165, 1.54) is 17.5 Å². The maximum atomic E-state index is 5.84. The van der Waals surface area contributed by atoms with Gasteiger partial charge in [0.15, 0.2) is 0 Å². The second-order valence-corrected chi connectivity index (χ2v) is 6.84. The Morgan fingerprint density at radius 2 is 1.85 bits per heavy atom. The fourth-order valence-electron chi connectivity index (χ4n) is 2.96. The third kappa shape index (κ3) is 3.76. The molecule has 134 valence electrons. The summed E-state index contributed by atoms with van der Waals surface area (Å²) < 4.78 is 13.3. The Bertz CT molecular complexity index is 873. The molecule has 6 nitrogen and oxygen atoms in total. The van der Waals surface area contributed by atoms with Crippen LogP contribution in [0.1, 0.15) is 30.5 Å². The van der Waals surface area contributed by atoms with Gasteiger partial charge in [0, 0.05) is 32.5 Å². The van der Waals surface area contributed by atoms with Crippen LogP contribution < -0.4 is 10.1 Å². The highest BCUT2D eigenvalue weighted by molar-refractivity contribution is 5.38. The van der Waals surface area contributed by atoms with Gasteiger partial charge in [-0.15, -0.1) is 0 Å². The van der Waals surface area contributed by atoms with Gasteiger partial charge in [0.25, 0.3) is 0 Å². The lowest BCUT2D eigenvalue weighted by Crippen LogP contribution is -2.35. The van der Waals surface area contributed by atoms with Crippen molar-refractivity contribution in [3.8, 4) is 11.4 Å². The molecule has 2 aromatic carbocycles. The number of nitrogens with zero attached hydrogens (tertiary/aromatic N) is 3. The Morgan fingerprint density at radius 3 is 2.62 bits per heavy atom. The molecule has 2 heterocycles. The topological polar surface area (TPSA) is 61.2 Å². The van der Waals surface area contributed by atoms with E-state index in [1.54, 1.807) is 11.0 Å². The summed E-state index contributed by atoms with van der Waals surface area (Å²) in [6.45, 7) is 6.04. The lowest BCUT2D eigenvalue weighted by atomic mass is 10.1. The number of nitrogens with one attached hydrogen (secondary N) is 1. The summed E-state index contributed by atoms with van der Waals surface area (Å²) in [5, 5.41) is 7.61. The first-order valence-electron chi connectivity index (χ1n) is 8.68. The second-order valence-electron chi connectivity index (χ2n) is 6.84. The van der Waals surface area contributed by atoms with Gasteiger partial charge >= 0.3 is 0 Å². The first-order valence-corrected chi connectivity index (χ1v) is 8.68. The summed E-state index contributed by atoms with van der Waals surface area (Å²) in [5.41, 5.74) is 4.54. The molecular formula is C20H22N4O2. The summed E-state index contributed by atoms with van der Waals surface area (Å²) in [4.78, 5) is 3.96. The van der Waals surface area contributed by atoms with Crippen LogP contribution in [-0.4, -0.2) is 20.6 Å². The molecule has 4 rings (SSSR count). The van der Waals surface area contributed by atoms with Crippen LogP contribution in [0.2, 0.25) is 0 Å². The minimum Gasteiger partial charge on any atom is -0.463 e. The summed E-state index contributed by atoms with van der Waals surface area (Å²) in [7, 11) is 0. The van der Waals surface area contributed by atoms with Crippen LogP contribution in [0.4, 0.5) is 0 Å². The van der Waals surface area contributed by atoms with Gasteiger partial charge in [-0.1, -0.05) is 18.2 Å². The number of ether oxygens (including phenoxy) is 2. The van der Waals surface area contributed by atoms with E-state index in [1.807, 2.05) is 32.0 Å². The minimum atomic E-state index is -0.550. The molecule has 6 heteroatoms. The normalized spacial score (nSPS) is 15.3. The summed E-state index contributed by atoms with van der Waals surface area (Å²) in [6, 6.07) is 14.6. The SMILES string of the molecule is CC1(C)OCc2cc(CNCc3ccc(-n4cncn4)cc3)ccc2O1. The average Bonchev–Trinajstić information content (AvgIpc) is 3.16. The summed E-state index contributed by atoms with van der Waals surface area (Å²) in [5.74, 6) is 0.360. The molecule has 0 atom stereocenters. The molecule has 3 aromatic rings. The fraction of sp³-hybridized carbons (Fsp3) is 0.300. The van der Waals surface area contributed by atoms with E-state index in [2.05, 4.69) is 39.7 Å². The first-order chi connectivity index (χ1) is 12.6. The quantitative estimate of drug-likeness (QED) is 0.766. The Labute approximate surface area is 152 Å². The third-order valence-corrected chi connectivity index (χ3v) is 4.33. The number of aromatic nitrogens is 3. The zero-order valence-electron chi connectivity index (χ0n) is 15.0. The van der Waals surface area contributed by atoms with Crippen molar-refractivity contribution in [1.82, 2.24) is 20.1 Å². The Kier molecular flexibility index (Phi) is 4.44. The largest absolute Gasteiger partial charge is 0.463 e. The number of benzene rings is 2. The van der Waals surface area contributed by atoms with Gasteiger partial charge in [-0.3, -0.25) is 0 Å². The van der Waals surface area contributed by atoms with E-state index in [0.717, 1.165) is 30.1 Å². The van der Waals surface area contributed by atoms with Crippen molar-refractivity contribution in [1.29, 1.82) is 0 Å². The van der Waals surface area contributed by atoms with Gasteiger partial charge in [0.2, 0.25) is 5.79 Å². The van der Waals surface area contributed by atoms with Crippen LogP contribution in [0.15, 0.2) is 55.1 Å². The molecule has 0 saturated carbocycles. The molecule has 0 bridgehead atoms. The van der Waals surface area contributed by atoms with Crippen molar-refractivity contribution in [3.63, 3.8) is 0 Å². The van der Waals surface area contributed by atoms with Gasteiger partial charge in [0.1, 0.15) is 18.4 Å². The van der Waals surface area contributed by atoms with Crippen molar-refractivity contribution in [3.05, 3.63) is 71.8 Å². The van der Waals surface area contributed by atoms with Gasteiger partial charge < -0.3 is 14.8 Å². The third-order valence-electron chi connectivity index (χ3n) is 4.33. The van der Waals surface area contributed by atoms with Crippen molar-refractivity contribution in [2.24, 2.45) is 0 Å². The van der Waals surface area contributed by atoms with Crippen molar-refractivity contribution >= 4 is 0 Å². The highest BCUT2D eigenvalue weighted by Gasteiger charge is 2.27. The molecule has 0 fully saturated rings. The Morgan fingerprint density at radius 1 is 1.08 bits per heavy atom. The zero-order chi connectivity index (χ0) is 18.0. The number of rotatable bonds is 5. The molecule has 26 heavy (non-hydrogen) atoms. The van der Waals surface area contributed by atoms with Crippen LogP contribution in [0.5, 0.6) is 5.75 Å². The fourth-order valence-corrected chi connectivity index (χ4v) is 2.96. The molecule has 1 aliphatic heterocycles. The lowest BCUT2D eigenvalue weighted by molar-refractivity contribution is -0.180. The van der Waals surface area contributed by atoms with Crippen LogP contribution in [0.3, 0.4) is 0 Å². The molecular weight excluding hydrogens is 328 g/mol. The molecule has 0 unspecified atom stereocenters. The molecule has 0 spiro atoms. The maximum absolute atomic E-state index is 5.84. The van der Waals surface area contributed by atoms with E-state index in [0.29, 0.717) is 6.61 Å². The molecule has 0 aliphatic carbocycles. The van der Waals surface area contributed by atoms with Gasteiger partial charge in [0.05, 0.1) is 12.3 Å². The standard InChI is InChI=1S/C20H22N4O2/c1-20(2)25-12-17-9-16(5-8-19(17)26-20)11-21-10-15-3-6-18(7-4-15)24-14-22-13-23-24/h3-9,13-14,21H,10-12H2,1-2H3. The highest BCUT2D eigenvalue weighted by atomic mass is 16.7. The molecule has 0 amide bonds. The second kappa shape index (κ2) is 6.90. The van der Waals surface area contributed by atoms with Gasteiger partial charge in [-0.25, -0.2) is 9.67 Å². The lowest BCUT2D eigenvalue weighted by Gasteiger charge is -2.32. The van der Waals surface area contributed by atoms with E-state index in [-0.39, 0.29) is 0 Å². The van der Waals surface area contributed by atoms with Crippen LogP contribution in [0.25, 0.3) is 5.69 Å². The molecule has 0 radical (unpaired) electrons. The number of fused-ring (bicyclic) bond motifs is 1. The first kappa shape index (κ1) is 16.8. The smallest absolute Gasteiger partial charge is 0.205 e. The highest BCUT2D eigenvalue weighted by Crippen LogP contribution is 2.31. The molecule has 1 N–H and O–H groups in total. The van der Waals surface area contributed by atoms with E-state index < -0.39 is 5.79 Å². The maximum Gasteiger partial charge on any atom is 0.205 e. The number of hydrogen-bond donors (Lipinski definition) is 1. The van der Waals surface area contributed by atoms with E-state index in [9.17, 15) is 0 Å². The Hall–Kier alpha value is -2.70. The monoisotopic (exact) mass is 350 g/mol. The van der Waals surface area contributed by atoms with Crippen molar-refractivity contribution in [2.75, 3.05) is 0 Å². The van der Waals surface area contributed by atoms with Crippen LogP contribution in [0, 0.1) is 0 Å². The average molecular weight is 350 g/mol. The van der Waals surface area contributed by atoms with Crippen molar-refractivity contribution in [2.45, 2.75) is 39.3 Å². The number of hydrogen-bond acceptors (Lipinski definition) is 5. The van der Waals surface area contributed by atoms with Gasteiger partial charge in [-0.05, 0) is 35.4 Å². The predicted molar refractivity (Wildman–Crippen MR) is 97.8 cm³/mol.